The highest BCUT2D eigenvalue weighted by Crippen LogP contribution is 2.41. The predicted octanol–water partition coefficient (Wildman–Crippen LogP) is 4.68. The number of hydrogen-bond acceptors (Lipinski definition) is 6. The van der Waals surface area contributed by atoms with Crippen molar-refractivity contribution in [1.82, 2.24) is 9.80 Å². The van der Waals surface area contributed by atoms with Crippen LogP contribution in [-0.4, -0.2) is 111 Å². The minimum absolute atomic E-state index is 0.0755. The Hall–Kier alpha value is -3.30. The normalized spacial score (nSPS) is 19.8. The van der Waals surface area contributed by atoms with E-state index in [-0.39, 0.29) is 24.4 Å². The van der Waals surface area contributed by atoms with E-state index in [0.717, 1.165) is 73.1 Å². The van der Waals surface area contributed by atoms with Crippen LogP contribution in [0.25, 0.3) is 0 Å². The van der Waals surface area contributed by atoms with Crippen molar-refractivity contribution in [1.29, 1.82) is 0 Å². The molecule has 242 valence electrons. The zero-order valence-corrected chi connectivity index (χ0v) is 27.3. The number of benzene rings is 2. The van der Waals surface area contributed by atoms with Gasteiger partial charge in [-0.1, -0.05) is 37.6 Å². The number of methoxy groups -OCH3 is 1. The molecule has 2 aromatic rings. The zero-order chi connectivity index (χ0) is 31.7. The molecule has 9 heteroatoms. The minimum Gasteiger partial charge on any atom is -0.493 e. The molecule has 9 nitrogen and oxygen atoms in total. The van der Waals surface area contributed by atoms with E-state index in [4.69, 9.17) is 14.2 Å². The highest BCUT2D eigenvalue weighted by molar-refractivity contribution is 5.79. The Morgan fingerprint density at radius 2 is 1.82 bits per heavy atom. The largest absolute Gasteiger partial charge is 0.493 e. The molecule has 2 heterocycles. The molecule has 0 bridgehead atoms. The molecule has 0 saturated carbocycles. The van der Waals surface area contributed by atoms with Gasteiger partial charge in [-0.05, 0) is 55.0 Å². The average molecular weight is 611 g/mol. The Morgan fingerprint density at radius 3 is 2.52 bits per heavy atom. The van der Waals surface area contributed by atoms with Crippen LogP contribution in [0, 0.1) is 5.92 Å². The minimum atomic E-state index is -0.841. The van der Waals surface area contributed by atoms with Crippen LogP contribution in [0.4, 0.5) is 0 Å². The van der Waals surface area contributed by atoms with E-state index in [0.29, 0.717) is 37.7 Å². The summed E-state index contributed by atoms with van der Waals surface area (Å²) in [4.78, 5) is 30.9. The SMILES string of the molecule is CCCCN(CCCC[N+](C)(C)C)C(=O)CN1C[C@H](c2ccc3c(c2)CCO3)C(C(=O)O)[C@@H]1CCOc1ccccc1OC. The second kappa shape index (κ2) is 15.6. The maximum atomic E-state index is 13.9. The third-order valence-electron chi connectivity index (χ3n) is 8.89. The van der Waals surface area contributed by atoms with Gasteiger partial charge in [0.25, 0.3) is 0 Å². The number of nitrogens with zero attached hydrogens (tertiary/aromatic N) is 3. The molecule has 1 fully saturated rings. The van der Waals surface area contributed by atoms with Crippen LogP contribution in [0.1, 0.15) is 56.1 Å². The fourth-order valence-electron chi connectivity index (χ4n) is 6.53. The van der Waals surface area contributed by atoms with Gasteiger partial charge in [-0.3, -0.25) is 14.5 Å². The lowest BCUT2D eigenvalue weighted by Gasteiger charge is -2.30. The number of carboxylic acid groups (broad SMARTS) is 1. The number of amides is 1. The number of para-hydroxylation sites is 2. The first-order valence-electron chi connectivity index (χ1n) is 16.2. The Bertz CT molecular complexity index is 1250. The number of rotatable bonds is 17. The van der Waals surface area contributed by atoms with Crippen LogP contribution in [0.5, 0.6) is 17.2 Å². The van der Waals surface area contributed by atoms with Crippen molar-refractivity contribution in [2.45, 2.75) is 57.4 Å². The van der Waals surface area contributed by atoms with Crippen molar-refractivity contribution in [2.24, 2.45) is 5.92 Å². The molecular formula is C35H52N3O6+. The van der Waals surface area contributed by atoms with Gasteiger partial charge in [0.05, 0.1) is 60.5 Å². The fraction of sp³-hybridized carbons (Fsp3) is 0.600. The van der Waals surface area contributed by atoms with Gasteiger partial charge >= 0.3 is 5.97 Å². The van der Waals surface area contributed by atoms with Crippen molar-refractivity contribution >= 4 is 11.9 Å². The van der Waals surface area contributed by atoms with Crippen LogP contribution < -0.4 is 14.2 Å². The standard InChI is InChI=1S/C35H51N3O6/c1-6-7-18-36(19-10-11-20-38(2,3)4)33(39)25-37-24-28(26-14-15-30-27(23-26)16-21-43-30)34(35(40)41)29(37)17-22-44-32-13-9-8-12-31(32)42-5/h8-9,12-15,23,28-29,34H,6-7,10-11,16-22,24-25H2,1-5H3/p+1/t28-,29+,34?/m1/s1. The lowest BCUT2D eigenvalue weighted by Crippen LogP contribution is -2.45. The van der Waals surface area contributed by atoms with Gasteiger partial charge in [0, 0.05) is 38.0 Å². The molecule has 1 N–H and O–H groups in total. The molecule has 0 spiro atoms. The average Bonchev–Trinajstić information content (AvgIpc) is 3.60. The maximum absolute atomic E-state index is 13.9. The number of fused-ring (bicyclic) bond motifs is 1. The van der Waals surface area contributed by atoms with Crippen LogP contribution in [0.2, 0.25) is 0 Å². The van der Waals surface area contributed by atoms with E-state index in [1.807, 2.05) is 41.3 Å². The molecule has 1 unspecified atom stereocenters. The fourth-order valence-corrected chi connectivity index (χ4v) is 6.53. The summed E-state index contributed by atoms with van der Waals surface area (Å²) in [5, 5.41) is 10.6. The van der Waals surface area contributed by atoms with Crippen molar-refractivity contribution in [3.8, 4) is 17.2 Å². The number of hydrogen-bond donors (Lipinski definition) is 1. The van der Waals surface area contributed by atoms with Gasteiger partial charge < -0.3 is 28.7 Å². The van der Waals surface area contributed by atoms with Crippen molar-refractivity contribution < 1.29 is 33.4 Å². The summed E-state index contributed by atoms with van der Waals surface area (Å²) >= 11 is 0. The number of carbonyl (C=O) groups is 2. The molecule has 3 atom stereocenters. The summed E-state index contributed by atoms with van der Waals surface area (Å²) < 4.78 is 18.2. The maximum Gasteiger partial charge on any atom is 0.308 e. The molecule has 1 amide bonds. The number of unbranched alkanes of at least 4 members (excludes halogenated alkanes) is 2. The van der Waals surface area contributed by atoms with E-state index in [2.05, 4.69) is 39.0 Å². The number of carboxylic acids is 1. The van der Waals surface area contributed by atoms with Gasteiger partial charge in [-0.2, -0.15) is 0 Å². The lowest BCUT2D eigenvalue weighted by molar-refractivity contribution is -0.870. The predicted molar refractivity (Wildman–Crippen MR) is 172 cm³/mol. The summed E-state index contributed by atoms with van der Waals surface area (Å²) in [6.45, 7) is 6.33. The van der Waals surface area contributed by atoms with Gasteiger partial charge in [0.15, 0.2) is 11.5 Å². The van der Waals surface area contributed by atoms with E-state index in [1.54, 1.807) is 7.11 Å². The Balaban J connectivity index is 1.53. The topological polar surface area (TPSA) is 88.5 Å². The van der Waals surface area contributed by atoms with Crippen molar-refractivity contribution in [3.05, 3.63) is 53.6 Å². The number of carbonyl (C=O) groups excluding carboxylic acids is 1. The lowest BCUT2D eigenvalue weighted by atomic mass is 9.83. The molecule has 4 rings (SSSR count). The van der Waals surface area contributed by atoms with Crippen LogP contribution in [0.3, 0.4) is 0 Å². The van der Waals surface area contributed by atoms with Crippen LogP contribution in [-0.2, 0) is 16.0 Å². The van der Waals surface area contributed by atoms with E-state index < -0.39 is 11.9 Å². The van der Waals surface area contributed by atoms with Crippen molar-refractivity contribution in [3.63, 3.8) is 0 Å². The van der Waals surface area contributed by atoms with Gasteiger partial charge in [-0.25, -0.2) is 0 Å². The van der Waals surface area contributed by atoms with Crippen LogP contribution >= 0.6 is 0 Å². The Kier molecular flexibility index (Phi) is 11.9. The number of ether oxygens (including phenoxy) is 3. The summed E-state index contributed by atoms with van der Waals surface area (Å²) in [5.41, 5.74) is 2.12. The van der Waals surface area contributed by atoms with Gasteiger partial charge in [0.2, 0.25) is 5.91 Å². The molecule has 44 heavy (non-hydrogen) atoms. The summed E-state index contributed by atoms with van der Waals surface area (Å²) in [6, 6.07) is 13.2. The zero-order valence-electron chi connectivity index (χ0n) is 27.3. The molecule has 2 aromatic carbocycles. The van der Waals surface area contributed by atoms with Crippen LogP contribution in [0.15, 0.2) is 42.5 Å². The molecular weight excluding hydrogens is 558 g/mol. The second-order valence-electron chi connectivity index (χ2n) is 13.2. The summed E-state index contributed by atoms with van der Waals surface area (Å²) in [6.07, 6.45) is 5.28. The molecule has 0 radical (unpaired) electrons. The highest BCUT2D eigenvalue weighted by atomic mass is 16.5. The number of likely N-dealkylation sites (tertiary alicyclic amines) is 1. The molecule has 0 aliphatic carbocycles. The summed E-state index contributed by atoms with van der Waals surface area (Å²) in [7, 11) is 8.17. The van der Waals surface area contributed by atoms with Crippen molar-refractivity contribution in [2.75, 3.05) is 74.2 Å². The second-order valence-corrected chi connectivity index (χ2v) is 13.2. The smallest absolute Gasteiger partial charge is 0.308 e. The van der Waals surface area contributed by atoms with Gasteiger partial charge in [0.1, 0.15) is 5.75 Å². The molecule has 0 aromatic heterocycles. The molecule has 2 aliphatic rings. The third-order valence-corrected chi connectivity index (χ3v) is 8.89. The summed E-state index contributed by atoms with van der Waals surface area (Å²) in [5.74, 6) is 0.463. The monoisotopic (exact) mass is 610 g/mol. The van der Waals surface area contributed by atoms with Gasteiger partial charge in [-0.15, -0.1) is 0 Å². The van der Waals surface area contributed by atoms with E-state index >= 15 is 0 Å². The quantitative estimate of drug-likeness (QED) is 0.206. The first-order valence-corrected chi connectivity index (χ1v) is 16.2. The van der Waals surface area contributed by atoms with E-state index in [1.165, 1.54) is 0 Å². The molecule has 1 saturated heterocycles. The Morgan fingerprint density at radius 1 is 1.07 bits per heavy atom. The highest BCUT2D eigenvalue weighted by Gasteiger charge is 2.47. The molecule has 2 aliphatic heterocycles. The number of aliphatic carboxylic acids is 1. The first-order chi connectivity index (χ1) is 21.1. The Labute approximate surface area is 263 Å². The van der Waals surface area contributed by atoms with E-state index in [9.17, 15) is 14.7 Å². The first kappa shape index (κ1) is 33.6. The number of quaternary nitrogens is 1. The third kappa shape index (κ3) is 8.88.